The molecular weight excluding hydrogens is 532 g/mol. The molecule has 0 bridgehead atoms. The van der Waals surface area contributed by atoms with Gasteiger partial charge >= 0.3 is 11.9 Å². The zero-order chi connectivity index (χ0) is 29.0. The number of aliphatic hydroxyl groups is 8. The molecule has 2 saturated heterocycles. The second-order valence-electron chi connectivity index (χ2n) is 9.10. The van der Waals surface area contributed by atoms with Gasteiger partial charge in [-0.3, -0.25) is 4.79 Å². The number of hydrogen-bond acceptors (Lipinski definition) is 16. The minimum absolute atomic E-state index is 0.134. The number of hydrogen-bond donors (Lipinski definition) is 8. The van der Waals surface area contributed by atoms with Crippen LogP contribution in [0.2, 0.25) is 0 Å². The number of ether oxygens (including phenoxy) is 6. The molecule has 0 amide bonds. The van der Waals surface area contributed by atoms with Crippen molar-refractivity contribution in [1.82, 2.24) is 0 Å². The number of esters is 2. The molecule has 3 aliphatic rings. The monoisotopic (exact) mass is 566 g/mol. The third-order valence-corrected chi connectivity index (χ3v) is 6.70. The van der Waals surface area contributed by atoms with Crippen LogP contribution in [0.3, 0.4) is 0 Å². The maximum Gasteiger partial charge on any atom is 0.337 e. The highest BCUT2D eigenvalue weighted by Crippen LogP contribution is 2.36. The van der Waals surface area contributed by atoms with Gasteiger partial charge < -0.3 is 69.3 Å². The lowest BCUT2D eigenvalue weighted by molar-refractivity contribution is -0.327. The Hall–Kier alpha value is -2.22. The van der Waals surface area contributed by atoms with Crippen molar-refractivity contribution in [2.45, 2.75) is 81.0 Å². The Morgan fingerprint density at radius 1 is 0.872 bits per heavy atom. The fourth-order valence-corrected chi connectivity index (χ4v) is 4.43. The van der Waals surface area contributed by atoms with Crippen molar-refractivity contribution in [1.29, 1.82) is 0 Å². The standard InChI is InChI=1S/C23H34O16/c1-3-8-9(4-13(26)38-22-18(31)16(29)14(27)11(5-24)36-22)10(20(33)34-2)7-35-21(8)39-23-19(32)17(30)15(28)12(6-25)37-23/h3,7,9,11-12,14-19,21-25,27-32H,4-6H2,1-2H3/t9-,11+,12+,14+,15+,16-,17-,18+,19+,21-,22-,23-/m0/s1. The molecule has 39 heavy (non-hydrogen) atoms. The molecule has 0 aromatic heterocycles. The number of methoxy groups -OCH3 is 1. The summed E-state index contributed by atoms with van der Waals surface area (Å²) in [7, 11) is 1.10. The highest BCUT2D eigenvalue weighted by Gasteiger charge is 2.48. The molecule has 0 radical (unpaired) electrons. The van der Waals surface area contributed by atoms with Gasteiger partial charge in [0.15, 0.2) is 6.29 Å². The first-order valence-electron chi connectivity index (χ1n) is 12.0. The van der Waals surface area contributed by atoms with Crippen LogP contribution < -0.4 is 0 Å². The van der Waals surface area contributed by atoms with Gasteiger partial charge in [0.1, 0.15) is 48.8 Å². The van der Waals surface area contributed by atoms with Crippen LogP contribution in [0, 0.1) is 5.92 Å². The van der Waals surface area contributed by atoms with Crippen molar-refractivity contribution in [3.63, 3.8) is 0 Å². The first-order valence-corrected chi connectivity index (χ1v) is 12.0. The largest absolute Gasteiger partial charge is 0.468 e. The summed E-state index contributed by atoms with van der Waals surface area (Å²) < 4.78 is 31.5. The van der Waals surface area contributed by atoms with E-state index < -0.39 is 105 Å². The van der Waals surface area contributed by atoms with Gasteiger partial charge in [-0.25, -0.2) is 4.79 Å². The molecule has 222 valence electrons. The number of carbonyl (C=O) groups excluding carboxylic acids is 2. The van der Waals surface area contributed by atoms with E-state index in [2.05, 4.69) is 0 Å². The SMILES string of the molecule is CC=C1[C@H](O[C@@H]2O[C@H](CO)[C@@H](O)[C@H](O)[C@H]2O)OC=C(C(=O)OC)[C@H]1CC(=O)O[C@@H]1O[C@H](CO)[C@@H](O)[C@H](O)[C@H]1O. The van der Waals surface area contributed by atoms with E-state index >= 15 is 0 Å². The summed E-state index contributed by atoms with van der Waals surface area (Å²) in [6, 6.07) is 0. The van der Waals surface area contributed by atoms with Crippen LogP contribution in [0.4, 0.5) is 0 Å². The summed E-state index contributed by atoms with van der Waals surface area (Å²) in [6.45, 7) is 0.0813. The zero-order valence-electron chi connectivity index (χ0n) is 21.0. The van der Waals surface area contributed by atoms with Crippen LogP contribution in [0.15, 0.2) is 23.5 Å². The van der Waals surface area contributed by atoms with E-state index in [1.54, 1.807) is 0 Å². The van der Waals surface area contributed by atoms with E-state index in [1.807, 2.05) is 0 Å². The topological polar surface area (TPSA) is 251 Å². The molecule has 16 heteroatoms. The number of aliphatic hydroxyl groups excluding tert-OH is 8. The molecule has 0 aromatic rings. The minimum atomic E-state index is -1.85. The van der Waals surface area contributed by atoms with Crippen LogP contribution in [-0.2, 0) is 38.0 Å². The Morgan fingerprint density at radius 2 is 1.41 bits per heavy atom. The molecule has 8 N–H and O–H groups in total. The Labute approximate surface area is 222 Å². The highest BCUT2D eigenvalue weighted by molar-refractivity contribution is 5.90. The van der Waals surface area contributed by atoms with Crippen molar-refractivity contribution in [3.05, 3.63) is 23.5 Å². The Bertz CT molecular complexity index is 918. The normalized spacial score (nSPS) is 41.9. The summed E-state index contributed by atoms with van der Waals surface area (Å²) in [5, 5.41) is 79.1. The third kappa shape index (κ3) is 6.58. The summed E-state index contributed by atoms with van der Waals surface area (Å²) >= 11 is 0. The maximum atomic E-state index is 12.9. The van der Waals surface area contributed by atoms with Crippen molar-refractivity contribution < 1.29 is 78.9 Å². The number of rotatable bonds is 8. The number of allylic oxidation sites excluding steroid dienone is 1. The molecule has 0 unspecified atom stereocenters. The molecule has 2 fully saturated rings. The first-order chi connectivity index (χ1) is 18.5. The lowest BCUT2D eigenvalue weighted by Gasteiger charge is -2.42. The van der Waals surface area contributed by atoms with Crippen LogP contribution in [0.25, 0.3) is 0 Å². The fourth-order valence-electron chi connectivity index (χ4n) is 4.43. The molecule has 0 aliphatic carbocycles. The van der Waals surface area contributed by atoms with E-state index in [1.165, 1.54) is 13.0 Å². The average Bonchev–Trinajstić information content (AvgIpc) is 2.93. The lowest BCUT2D eigenvalue weighted by atomic mass is 9.86. The summed E-state index contributed by atoms with van der Waals surface area (Å²) in [5.41, 5.74) is 0.0191. The molecule has 12 atom stereocenters. The first kappa shape index (κ1) is 31.3. The quantitative estimate of drug-likeness (QED) is 0.102. The van der Waals surface area contributed by atoms with E-state index in [9.17, 15) is 50.4 Å². The van der Waals surface area contributed by atoms with Gasteiger partial charge in [0.25, 0.3) is 0 Å². The van der Waals surface area contributed by atoms with Crippen LogP contribution in [0.1, 0.15) is 13.3 Å². The Balaban J connectivity index is 1.79. The van der Waals surface area contributed by atoms with E-state index in [0.29, 0.717) is 0 Å². The Morgan fingerprint density at radius 3 is 1.92 bits per heavy atom. The predicted molar refractivity (Wildman–Crippen MR) is 122 cm³/mol. The maximum absolute atomic E-state index is 12.9. The van der Waals surface area contributed by atoms with Crippen LogP contribution >= 0.6 is 0 Å². The van der Waals surface area contributed by atoms with Crippen LogP contribution in [0.5, 0.6) is 0 Å². The van der Waals surface area contributed by atoms with E-state index in [-0.39, 0.29) is 11.1 Å². The van der Waals surface area contributed by atoms with Crippen molar-refractivity contribution in [2.75, 3.05) is 20.3 Å². The number of carbonyl (C=O) groups is 2. The van der Waals surface area contributed by atoms with Crippen molar-refractivity contribution in [3.8, 4) is 0 Å². The van der Waals surface area contributed by atoms with Gasteiger partial charge in [0.05, 0.1) is 38.6 Å². The molecule has 0 spiro atoms. The molecule has 3 aliphatic heterocycles. The van der Waals surface area contributed by atoms with Crippen LogP contribution in [-0.4, -0.2) is 141 Å². The van der Waals surface area contributed by atoms with Gasteiger partial charge in [-0.15, -0.1) is 0 Å². The Kier molecular flexibility index (Phi) is 10.8. The smallest absolute Gasteiger partial charge is 0.337 e. The summed E-state index contributed by atoms with van der Waals surface area (Å²) in [6.07, 6.45) is -15.9. The lowest BCUT2D eigenvalue weighted by Crippen LogP contribution is -2.60. The third-order valence-electron chi connectivity index (χ3n) is 6.70. The van der Waals surface area contributed by atoms with E-state index in [4.69, 9.17) is 28.4 Å². The van der Waals surface area contributed by atoms with Crippen molar-refractivity contribution >= 4 is 11.9 Å². The minimum Gasteiger partial charge on any atom is -0.468 e. The second kappa shape index (κ2) is 13.4. The summed E-state index contributed by atoms with van der Waals surface area (Å²) in [4.78, 5) is 25.3. The molecular formula is C23H34O16. The highest BCUT2D eigenvalue weighted by atomic mass is 16.8. The van der Waals surface area contributed by atoms with Gasteiger partial charge in [-0.2, -0.15) is 0 Å². The molecule has 0 saturated carbocycles. The van der Waals surface area contributed by atoms with Gasteiger partial charge in [-0.1, -0.05) is 6.08 Å². The predicted octanol–water partition coefficient (Wildman–Crippen LogP) is -4.49. The fraction of sp³-hybridized carbons (Fsp3) is 0.739. The van der Waals surface area contributed by atoms with Gasteiger partial charge in [0.2, 0.25) is 12.6 Å². The summed E-state index contributed by atoms with van der Waals surface area (Å²) in [5.74, 6) is -3.01. The van der Waals surface area contributed by atoms with Crippen molar-refractivity contribution in [2.24, 2.45) is 5.92 Å². The average molecular weight is 567 g/mol. The second-order valence-corrected chi connectivity index (χ2v) is 9.10. The molecule has 3 heterocycles. The molecule has 3 rings (SSSR count). The van der Waals surface area contributed by atoms with Gasteiger partial charge in [0, 0.05) is 11.5 Å². The molecule has 16 nitrogen and oxygen atoms in total. The molecule has 0 aromatic carbocycles. The van der Waals surface area contributed by atoms with Gasteiger partial charge in [-0.05, 0) is 6.92 Å². The zero-order valence-corrected chi connectivity index (χ0v) is 21.0. The van der Waals surface area contributed by atoms with E-state index in [0.717, 1.165) is 13.4 Å².